The number of hydrogen-bond acceptors (Lipinski definition) is 4. The van der Waals surface area contributed by atoms with Gasteiger partial charge in [0.15, 0.2) is 5.76 Å². The van der Waals surface area contributed by atoms with Crippen molar-refractivity contribution in [3.8, 4) is 0 Å². The minimum Gasteiger partial charge on any atom is -0.459 e. The number of nitrogens with one attached hydrogen (secondary N) is 1. The highest BCUT2D eigenvalue weighted by molar-refractivity contribution is 5.92. The molecule has 1 aromatic heterocycles. The Morgan fingerprint density at radius 1 is 1.06 bits per heavy atom. The molecule has 2 aromatic carbocycles. The topological polar surface area (TPSA) is 65.8 Å². The minimum atomic E-state index is -4.50. The van der Waals surface area contributed by atoms with Crippen LogP contribution in [0.25, 0.3) is 0 Å². The number of fused-ring (bicyclic) bond motifs is 3. The van der Waals surface area contributed by atoms with Crippen LogP contribution in [0, 0.1) is 11.7 Å². The molecule has 6 nitrogen and oxygen atoms in total. The fraction of sp³-hybridized carbons (Fsp3) is 0.308. The number of anilines is 1. The number of rotatable bonds is 4. The van der Waals surface area contributed by atoms with Gasteiger partial charge in [0.25, 0.3) is 5.91 Å². The first-order valence-corrected chi connectivity index (χ1v) is 11.5. The maximum absolute atomic E-state index is 13.5. The number of carbonyl (C=O) groups is 2. The molecule has 2 atom stereocenters. The summed E-state index contributed by atoms with van der Waals surface area (Å²) in [5, 5.41) is 2.80. The molecule has 0 bridgehead atoms. The van der Waals surface area contributed by atoms with Gasteiger partial charge in [-0.05, 0) is 60.0 Å². The number of halogens is 4. The number of alkyl halides is 3. The summed E-state index contributed by atoms with van der Waals surface area (Å²) in [7, 11) is 0. The first-order chi connectivity index (χ1) is 17.2. The van der Waals surface area contributed by atoms with Crippen molar-refractivity contribution in [1.29, 1.82) is 0 Å². The molecule has 2 aliphatic rings. The molecular weight excluding hydrogens is 478 g/mol. The second kappa shape index (κ2) is 9.33. The van der Waals surface area contributed by atoms with Gasteiger partial charge in [0.2, 0.25) is 5.91 Å². The third-order valence-electron chi connectivity index (χ3n) is 6.75. The molecule has 0 aliphatic carbocycles. The largest absolute Gasteiger partial charge is 0.459 e. The number of nitrogens with zero attached hydrogens (tertiary/aromatic N) is 2. The SMILES string of the molecule is O=C(NCc1cccc(F)c1)C1Cc2cc(C(F)(F)F)ccc2N2CCN(C(=O)c3ccco3)CC12. The molecular formula is C26H23F4N3O3. The Kier molecular flexibility index (Phi) is 6.19. The van der Waals surface area contributed by atoms with Crippen LogP contribution in [0.2, 0.25) is 0 Å². The Hall–Kier alpha value is -3.82. The van der Waals surface area contributed by atoms with Crippen molar-refractivity contribution in [3.05, 3.63) is 89.1 Å². The maximum atomic E-state index is 13.5. The third-order valence-corrected chi connectivity index (χ3v) is 6.75. The third kappa shape index (κ3) is 4.67. The molecule has 1 N–H and O–H groups in total. The summed E-state index contributed by atoms with van der Waals surface area (Å²) >= 11 is 0. The summed E-state index contributed by atoms with van der Waals surface area (Å²) < 4.78 is 58.9. The normalized spacial score (nSPS) is 19.4. The van der Waals surface area contributed by atoms with E-state index in [1.54, 1.807) is 23.1 Å². The molecule has 1 fully saturated rings. The molecule has 188 valence electrons. The van der Waals surface area contributed by atoms with E-state index in [-0.39, 0.29) is 37.1 Å². The predicted octanol–water partition coefficient (Wildman–Crippen LogP) is 4.26. The van der Waals surface area contributed by atoms with E-state index < -0.39 is 29.5 Å². The van der Waals surface area contributed by atoms with Crippen LogP contribution in [0.15, 0.2) is 65.3 Å². The zero-order valence-electron chi connectivity index (χ0n) is 19.1. The number of hydrogen-bond donors (Lipinski definition) is 1. The van der Waals surface area contributed by atoms with Crippen molar-refractivity contribution >= 4 is 17.5 Å². The average Bonchev–Trinajstić information content (AvgIpc) is 3.40. The molecule has 36 heavy (non-hydrogen) atoms. The monoisotopic (exact) mass is 501 g/mol. The number of piperazine rings is 1. The molecule has 3 heterocycles. The number of carbonyl (C=O) groups excluding carboxylic acids is 2. The molecule has 0 saturated carbocycles. The van der Waals surface area contributed by atoms with E-state index in [0.29, 0.717) is 29.9 Å². The number of benzene rings is 2. The molecule has 2 amide bonds. The highest BCUT2D eigenvalue weighted by atomic mass is 19.4. The Morgan fingerprint density at radius 3 is 2.61 bits per heavy atom. The summed E-state index contributed by atoms with van der Waals surface area (Å²) in [5.74, 6) is -1.65. The van der Waals surface area contributed by atoms with Crippen molar-refractivity contribution < 1.29 is 31.6 Å². The quantitative estimate of drug-likeness (QED) is 0.543. The van der Waals surface area contributed by atoms with Gasteiger partial charge < -0.3 is 19.5 Å². The van der Waals surface area contributed by atoms with E-state index >= 15 is 0 Å². The van der Waals surface area contributed by atoms with Crippen LogP contribution < -0.4 is 10.2 Å². The first-order valence-electron chi connectivity index (χ1n) is 11.5. The van der Waals surface area contributed by atoms with Gasteiger partial charge in [-0.15, -0.1) is 0 Å². The van der Waals surface area contributed by atoms with Crippen LogP contribution in [-0.4, -0.2) is 42.4 Å². The average molecular weight is 501 g/mol. The van der Waals surface area contributed by atoms with E-state index in [2.05, 4.69) is 5.32 Å². The van der Waals surface area contributed by atoms with Crippen LogP contribution in [0.4, 0.5) is 23.2 Å². The molecule has 2 unspecified atom stereocenters. The summed E-state index contributed by atoms with van der Waals surface area (Å²) in [6, 6.07) is 12.1. The molecule has 10 heteroatoms. The first kappa shape index (κ1) is 23.9. The second-order valence-corrected chi connectivity index (χ2v) is 8.99. The summed E-state index contributed by atoms with van der Waals surface area (Å²) in [4.78, 5) is 29.8. The summed E-state index contributed by atoms with van der Waals surface area (Å²) in [5.41, 5.74) is 0.851. The number of furan rings is 1. The van der Waals surface area contributed by atoms with Crippen LogP contribution in [0.5, 0.6) is 0 Å². The molecule has 2 aliphatic heterocycles. The van der Waals surface area contributed by atoms with Gasteiger partial charge in [-0.2, -0.15) is 13.2 Å². The van der Waals surface area contributed by atoms with E-state index in [1.165, 1.54) is 30.5 Å². The fourth-order valence-electron chi connectivity index (χ4n) is 5.01. The van der Waals surface area contributed by atoms with Gasteiger partial charge in [0.05, 0.1) is 23.8 Å². The molecule has 5 rings (SSSR count). The smallest absolute Gasteiger partial charge is 0.416 e. The van der Waals surface area contributed by atoms with Gasteiger partial charge in [-0.1, -0.05) is 12.1 Å². The van der Waals surface area contributed by atoms with Gasteiger partial charge >= 0.3 is 6.18 Å². The van der Waals surface area contributed by atoms with Gasteiger partial charge in [0, 0.05) is 31.9 Å². The lowest BCUT2D eigenvalue weighted by atomic mass is 9.82. The molecule has 3 aromatic rings. The highest BCUT2D eigenvalue weighted by Crippen LogP contribution is 2.40. The van der Waals surface area contributed by atoms with E-state index in [0.717, 1.165) is 12.1 Å². The maximum Gasteiger partial charge on any atom is 0.416 e. The van der Waals surface area contributed by atoms with Gasteiger partial charge in [-0.25, -0.2) is 4.39 Å². The Morgan fingerprint density at radius 2 is 1.89 bits per heavy atom. The fourth-order valence-corrected chi connectivity index (χ4v) is 5.01. The second-order valence-electron chi connectivity index (χ2n) is 8.99. The number of amides is 2. The standard InChI is InChI=1S/C26H23F4N3O3/c27-19-4-1-3-16(11-19)14-31-24(34)20-13-17-12-18(26(28,29)30)6-7-21(17)33-9-8-32(15-22(20)33)25(35)23-5-2-10-36-23/h1-7,10-12,20,22H,8-9,13-15H2,(H,31,34). The summed E-state index contributed by atoms with van der Waals surface area (Å²) in [6.07, 6.45) is -3.02. The van der Waals surface area contributed by atoms with E-state index in [4.69, 9.17) is 4.42 Å². The molecule has 0 spiro atoms. The predicted molar refractivity (Wildman–Crippen MR) is 123 cm³/mol. The van der Waals surface area contributed by atoms with Crippen LogP contribution in [0.3, 0.4) is 0 Å². The lowest BCUT2D eigenvalue weighted by Gasteiger charge is -2.49. The van der Waals surface area contributed by atoms with Crippen molar-refractivity contribution in [2.24, 2.45) is 5.92 Å². The van der Waals surface area contributed by atoms with E-state index in [9.17, 15) is 27.2 Å². The summed E-state index contributed by atoms with van der Waals surface area (Å²) in [6.45, 7) is 0.958. The minimum absolute atomic E-state index is 0.0737. The van der Waals surface area contributed by atoms with Crippen molar-refractivity contribution in [3.63, 3.8) is 0 Å². The van der Waals surface area contributed by atoms with Crippen molar-refractivity contribution in [1.82, 2.24) is 10.2 Å². The zero-order valence-corrected chi connectivity index (χ0v) is 19.1. The Labute approximate surface area is 204 Å². The van der Waals surface area contributed by atoms with Gasteiger partial charge in [-0.3, -0.25) is 9.59 Å². The molecule has 0 radical (unpaired) electrons. The lowest BCUT2D eigenvalue weighted by Crippen LogP contribution is -2.62. The van der Waals surface area contributed by atoms with Crippen LogP contribution >= 0.6 is 0 Å². The Bertz CT molecular complexity index is 1280. The highest BCUT2D eigenvalue weighted by Gasteiger charge is 2.43. The Balaban J connectivity index is 1.43. The van der Waals surface area contributed by atoms with E-state index in [1.807, 2.05) is 4.90 Å². The van der Waals surface area contributed by atoms with Gasteiger partial charge in [0.1, 0.15) is 5.82 Å². The lowest BCUT2D eigenvalue weighted by molar-refractivity contribution is -0.137. The van der Waals surface area contributed by atoms with Crippen LogP contribution in [-0.2, 0) is 23.9 Å². The van der Waals surface area contributed by atoms with Crippen LogP contribution in [0.1, 0.15) is 27.2 Å². The molecule has 1 saturated heterocycles. The zero-order chi connectivity index (χ0) is 25.4. The van der Waals surface area contributed by atoms with Crippen molar-refractivity contribution in [2.45, 2.75) is 25.2 Å². The van der Waals surface area contributed by atoms with Crippen molar-refractivity contribution in [2.75, 3.05) is 24.5 Å².